The maximum absolute atomic E-state index is 12.5. The molecule has 1 amide bonds. The van der Waals surface area contributed by atoms with Crippen LogP contribution in [0.2, 0.25) is 0 Å². The summed E-state index contributed by atoms with van der Waals surface area (Å²) in [5.74, 6) is -0.845. The molecule has 12 heteroatoms. The minimum absolute atomic E-state index is 0.0764. The average molecular weight is 487 g/mol. The molecule has 1 N–H and O–H groups in total. The number of nitro benzene ring substituents is 1. The number of aromatic nitrogens is 2. The molecule has 0 unspecified atom stereocenters. The van der Waals surface area contributed by atoms with E-state index in [2.05, 4.69) is 31.6 Å². The van der Waals surface area contributed by atoms with E-state index in [1.54, 1.807) is 6.92 Å². The van der Waals surface area contributed by atoms with Crippen LogP contribution in [-0.2, 0) is 6.54 Å². The lowest BCUT2D eigenvalue weighted by Crippen LogP contribution is -2.21. The molecule has 3 aromatic rings. The largest absolute Gasteiger partial charge is 0.320 e. The van der Waals surface area contributed by atoms with Crippen LogP contribution in [0, 0.1) is 20.2 Å². The smallest absolute Gasteiger partial charge is 0.265 e. The first kappa shape index (κ1) is 21.8. The van der Waals surface area contributed by atoms with Gasteiger partial charge in [0.25, 0.3) is 11.6 Å². The number of nitrogens with one attached hydrogen (secondary N) is 1. The van der Waals surface area contributed by atoms with E-state index in [9.17, 15) is 25.0 Å². The maximum Gasteiger partial charge on any atom is 0.320 e. The quantitative estimate of drug-likeness (QED) is 0.306. The highest BCUT2D eigenvalue weighted by atomic mass is 79.9. The van der Waals surface area contributed by atoms with Crippen molar-refractivity contribution in [2.45, 2.75) is 13.5 Å². The molecular formula is C19H15BrN6O5. The fourth-order valence-corrected chi connectivity index (χ4v) is 2.90. The Morgan fingerprint density at radius 3 is 2.32 bits per heavy atom. The number of hydrogen-bond acceptors (Lipinski definition) is 7. The van der Waals surface area contributed by atoms with Crippen molar-refractivity contribution in [2.24, 2.45) is 5.10 Å². The van der Waals surface area contributed by atoms with Gasteiger partial charge in [0.05, 0.1) is 22.1 Å². The molecular weight excluding hydrogens is 472 g/mol. The number of halogens is 1. The molecule has 1 heterocycles. The second-order valence-electron chi connectivity index (χ2n) is 6.39. The molecule has 2 aromatic carbocycles. The van der Waals surface area contributed by atoms with Crippen LogP contribution in [0.25, 0.3) is 0 Å². The first-order valence-corrected chi connectivity index (χ1v) is 9.59. The van der Waals surface area contributed by atoms with Gasteiger partial charge in [-0.05, 0) is 42.3 Å². The maximum atomic E-state index is 12.5. The predicted octanol–water partition coefficient (Wildman–Crippen LogP) is 3.66. The number of hydrazone groups is 1. The summed E-state index contributed by atoms with van der Waals surface area (Å²) in [5.41, 5.74) is 3.10. The van der Waals surface area contributed by atoms with Crippen molar-refractivity contribution in [3.63, 3.8) is 0 Å². The zero-order chi connectivity index (χ0) is 22.5. The third-order valence-electron chi connectivity index (χ3n) is 4.23. The Labute approximate surface area is 183 Å². The van der Waals surface area contributed by atoms with Gasteiger partial charge >= 0.3 is 5.69 Å². The van der Waals surface area contributed by atoms with Crippen LogP contribution in [0.4, 0.5) is 11.4 Å². The topological polar surface area (TPSA) is 146 Å². The minimum Gasteiger partial charge on any atom is -0.265 e. The normalized spacial score (nSPS) is 11.2. The predicted molar refractivity (Wildman–Crippen MR) is 115 cm³/mol. The summed E-state index contributed by atoms with van der Waals surface area (Å²) >= 11 is 3.33. The van der Waals surface area contributed by atoms with E-state index in [1.807, 2.05) is 24.3 Å². The average Bonchev–Trinajstić information content (AvgIpc) is 3.18. The lowest BCUT2D eigenvalue weighted by molar-refractivity contribution is -0.385. The van der Waals surface area contributed by atoms with E-state index in [4.69, 9.17) is 0 Å². The molecule has 0 aliphatic heterocycles. The molecule has 0 fully saturated rings. The molecule has 11 nitrogen and oxygen atoms in total. The van der Waals surface area contributed by atoms with Gasteiger partial charge in [-0.25, -0.2) is 5.43 Å². The Bertz CT molecular complexity index is 1170. The van der Waals surface area contributed by atoms with Crippen molar-refractivity contribution in [3.8, 4) is 0 Å². The van der Waals surface area contributed by atoms with Crippen molar-refractivity contribution < 1.29 is 14.6 Å². The SMILES string of the molecule is C/C(=N\NC(=O)c1nn(Cc2ccc(Br)cc2)cc1[N+](=O)[O-])c1ccc([N+](=O)[O-])cc1. The van der Waals surface area contributed by atoms with Crippen molar-refractivity contribution in [2.75, 3.05) is 0 Å². The van der Waals surface area contributed by atoms with Crippen LogP contribution in [0.15, 0.2) is 64.3 Å². The Morgan fingerprint density at radius 1 is 1.10 bits per heavy atom. The molecule has 0 saturated heterocycles. The summed E-state index contributed by atoms with van der Waals surface area (Å²) in [6.07, 6.45) is 1.18. The lowest BCUT2D eigenvalue weighted by atomic mass is 10.1. The number of nitro groups is 2. The molecule has 3 rings (SSSR count). The van der Waals surface area contributed by atoms with Gasteiger partial charge in [-0.3, -0.25) is 29.7 Å². The summed E-state index contributed by atoms with van der Waals surface area (Å²) in [6.45, 7) is 1.83. The number of rotatable bonds is 7. The Kier molecular flexibility index (Phi) is 6.50. The highest BCUT2D eigenvalue weighted by Crippen LogP contribution is 2.19. The molecule has 0 saturated carbocycles. The number of carbonyl (C=O) groups excluding carboxylic acids is 1. The standard InChI is InChI=1S/C19H15BrN6O5/c1-12(14-4-8-16(9-5-14)25(28)29)21-22-19(27)18-17(26(30)31)11-24(23-18)10-13-2-6-15(20)7-3-13/h2-9,11H,10H2,1H3,(H,22,27)/b21-12+. The molecule has 31 heavy (non-hydrogen) atoms. The van der Waals surface area contributed by atoms with Crippen LogP contribution in [0.5, 0.6) is 0 Å². The first-order valence-electron chi connectivity index (χ1n) is 8.80. The van der Waals surface area contributed by atoms with Gasteiger partial charge < -0.3 is 0 Å². The third kappa shape index (κ3) is 5.36. The van der Waals surface area contributed by atoms with E-state index in [1.165, 1.54) is 35.1 Å². The van der Waals surface area contributed by atoms with Crippen LogP contribution in [0.1, 0.15) is 28.5 Å². The molecule has 158 valence electrons. The van der Waals surface area contributed by atoms with Crippen LogP contribution >= 0.6 is 15.9 Å². The van der Waals surface area contributed by atoms with Gasteiger partial charge in [-0.2, -0.15) is 10.2 Å². The molecule has 0 aliphatic carbocycles. The summed E-state index contributed by atoms with van der Waals surface area (Å²) in [5, 5.41) is 30.0. The lowest BCUT2D eigenvalue weighted by Gasteiger charge is -2.02. The van der Waals surface area contributed by atoms with E-state index >= 15 is 0 Å². The highest BCUT2D eigenvalue weighted by molar-refractivity contribution is 9.10. The second-order valence-corrected chi connectivity index (χ2v) is 7.30. The van der Waals surface area contributed by atoms with Crippen molar-refractivity contribution in [3.05, 3.63) is 96.2 Å². The third-order valence-corrected chi connectivity index (χ3v) is 4.76. The van der Waals surface area contributed by atoms with Crippen molar-refractivity contribution >= 4 is 38.9 Å². The first-order chi connectivity index (χ1) is 14.7. The fourth-order valence-electron chi connectivity index (χ4n) is 2.64. The molecule has 0 radical (unpaired) electrons. The number of carbonyl (C=O) groups is 1. The van der Waals surface area contributed by atoms with Crippen LogP contribution < -0.4 is 5.43 Å². The van der Waals surface area contributed by atoms with Crippen LogP contribution in [-0.4, -0.2) is 31.2 Å². The zero-order valence-electron chi connectivity index (χ0n) is 16.1. The highest BCUT2D eigenvalue weighted by Gasteiger charge is 2.25. The number of nitrogens with zero attached hydrogens (tertiary/aromatic N) is 5. The summed E-state index contributed by atoms with van der Waals surface area (Å²) in [7, 11) is 0. The Hall–Kier alpha value is -3.93. The Morgan fingerprint density at radius 2 is 1.74 bits per heavy atom. The zero-order valence-corrected chi connectivity index (χ0v) is 17.6. The van der Waals surface area contributed by atoms with Crippen molar-refractivity contribution in [1.82, 2.24) is 15.2 Å². The molecule has 0 spiro atoms. The fraction of sp³-hybridized carbons (Fsp3) is 0.105. The number of amides is 1. The van der Waals surface area contributed by atoms with Gasteiger partial charge in [0.2, 0.25) is 5.69 Å². The van der Waals surface area contributed by atoms with E-state index in [0.29, 0.717) is 11.3 Å². The summed E-state index contributed by atoms with van der Waals surface area (Å²) < 4.78 is 2.20. The van der Waals surface area contributed by atoms with E-state index in [-0.39, 0.29) is 17.9 Å². The van der Waals surface area contributed by atoms with Crippen LogP contribution in [0.3, 0.4) is 0 Å². The van der Waals surface area contributed by atoms with E-state index < -0.39 is 21.4 Å². The van der Waals surface area contributed by atoms with Gasteiger partial charge in [0.1, 0.15) is 6.20 Å². The monoisotopic (exact) mass is 486 g/mol. The van der Waals surface area contributed by atoms with Crippen molar-refractivity contribution in [1.29, 1.82) is 0 Å². The second kappa shape index (κ2) is 9.26. The van der Waals surface area contributed by atoms with Gasteiger partial charge in [0.15, 0.2) is 0 Å². The number of hydrogen-bond donors (Lipinski definition) is 1. The minimum atomic E-state index is -0.845. The number of non-ortho nitro benzene ring substituents is 1. The van der Waals surface area contributed by atoms with Gasteiger partial charge in [0, 0.05) is 16.6 Å². The summed E-state index contributed by atoms with van der Waals surface area (Å²) in [4.78, 5) is 33.3. The molecule has 0 atom stereocenters. The van der Waals surface area contributed by atoms with E-state index in [0.717, 1.165) is 10.0 Å². The molecule has 1 aromatic heterocycles. The summed E-state index contributed by atoms with van der Waals surface area (Å²) in [6, 6.07) is 12.9. The molecule has 0 bridgehead atoms. The Balaban J connectivity index is 1.77. The number of benzene rings is 2. The molecule has 0 aliphatic rings. The van der Waals surface area contributed by atoms with Gasteiger partial charge in [-0.1, -0.05) is 28.1 Å². The van der Waals surface area contributed by atoms with Gasteiger partial charge in [-0.15, -0.1) is 0 Å².